The summed E-state index contributed by atoms with van der Waals surface area (Å²) >= 11 is 0. The molecule has 0 aliphatic rings. The maximum absolute atomic E-state index is 14.3. The molecule has 0 bridgehead atoms. The first-order chi connectivity index (χ1) is 12.0. The van der Waals surface area contributed by atoms with E-state index >= 15 is 0 Å². The molecule has 1 aromatic heterocycles. The Balaban J connectivity index is 2.28. The molecular formula is C14H16F4N4O3S. The van der Waals surface area contributed by atoms with E-state index in [1.807, 2.05) is 0 Å². The molecule has 0 aliphatic heterocycles. The van der Waals surface area contributed by atoms with E-state index in [0.717, 1.165) is 14.7 Å². The molecule has 26 heavy (non-hydrogen) atoms. The van der Waals surface area contributed by atoms with Gasteiger partial charge in [0, 0.05) is 27.2 Å². The van der Waals surface area contributed by atoms with Gasteiger partial charge in [0.2, 0.25) is 5.82 Å². The van der Waals surface area contributed by atoms with Gasteiger partial charge in [0.25, 0.3) is 10.2 Å². The molecule has 0 spiro atoms. The van der Waals surface area contributed by atoms with Gasteiger partial charge in [0.05, 0.1) is 5.56 Å². The highest BCUT2D eigenvalue weighted by molar-refractivity contribution is 7.86. The van der Waals surface area contributed by atoms with Crippen molar-refractivity contribution in [3.63, 3.8) is 0 Å². The van der Waals surface area contributed by atoms with E-state index in [9.17, 15) is 26.0 Å². The van der Waals surface area contributed by atoms with Crippen molar-refractivity contribution in [2.24, 2.45) is 0 Å². The van der Waals surface area contributed by atoms with Crippen LogP contribution in [0.2, 0.25) is 0 Å². The summed E-state index contributed by atoms with van der Waals surface area (Å²) in [6.07, 6.45) is -4.83. The zero-order valence-corrected chi connectivity index (χ0v) is 14.9. The molecule has 7 nitrogen and oxygen atoms in total. The summed E-state index contributed by atoms with van der Waals surface area (Å²) < 4.78 is 82.3. The zero-order valence-electron chi connectivity index (χ0n) is 14.1. The minimum atomic E-state index is -4.83. The second-order valence-electron chi connectivity index (χ2n) is 5.45. The van der Waals surface area contributed by atoms with Crippen LogP contribution in [0.5, 0.6) is 0 Å². The number of nitrogens with zero attached hydrogens (tertiary/aromatic N) is 4. The predicted molar refractivity (Wildman–Crippen MR) is 83.4 cm³/mol. The molecule has 0 unspecified atom stereocenters. The Hall–Kier alpha value is -2.05. The molecule has 0 aliphatic carbocycles. The van der Waals surface area contributed by atoms with E-state index < -0.39 is 33.9 Å². The number of aromatic nitrogens is 2. The van der Waals surface area contributed by atoms with Crippen molar-refractivity contribution in [2.45, 2.75) is 19.6 Å². The van der Waals surface area contributed by atoms with Crippen molar-refractivity contribution in [3.8, 4) is 11.4 Å². The van der Waals surface area contributed by atoms with Crippen molar-refractivity contribution in [1.82, 2.24) is 18.8 Å². The Morgan fingerprint density at radius 2 is 1.88 bits per heavy atom. The highest BCUT2D eigenvalue weighted by Crippen LogP contribution is 2.30. The summed E-state index contributed by atoms with van der Waals surface area (Å²) in [5.41, 5.74) is 0.0320. The van der Waals surface area contributed by atoms with Gasteiger partial charge in [0.1, 0.15) is 5.82 Å². The topological polar surface area (TPSA) is 79.5 Å². The fraction of sp³-hybridized carbons (Fsp3) is 0.429. The van der Waals surface area contributed by atoms with E-state index in [-0.39, 0.29) is 18.7 Å². The van der Waals surface area contributed by atoms with Crippen LogP contribution in [0, 0.1) is 5.82 Å². The van der Waals surface area contributed by atoms with E-state index in [2.05, 4.69) is 14.7 Å². The van der Waals surface area contributed by atoms with E-state index in [0.29, 0.717) is 5.56 Å². The van der Waals surface area contributed by atoms with Crippen molar-refractivity contribution in [1.29, 1.82) is 0 Å². The maximum atomic E-state index is 14.3. The quantitative estimate of drug-likeness (QED) is 0.701. The van der Waals surface area contributed by atoms with Gasteiger partial charge in [-0.1, -0.05) is 18.1 Å². The van der Waals surface area contributed by atoms with Crippen molar-refractivity contribution >= 4 is 10.2 Å². The summed E-state index contributed by atoms with van der Waals surface area (Å²) in [6.45, 7) is 1.68. The lowest BCUT2D eigenvalue weighted by atomic mass is 10.1. The number of alkyl halides is 3. The summed E-state index contributed by atoms with van der Waals surface area (Å²) in [4.78, 5) is 3.13. The first kappa shape index (κ1) is 20.3. The number of hydrogen-bond donors (Lipinski definition) is 0. The van der Waals surface area contributed by atoms with Crippen LogP contribution in [0.3, 0.4) is 0 Å². The summed E-state index contributed by atoms with van der Waals surface area (Å²) in [5, 5.41) is 3.12. The summed E-state index contributed by atoms with van der Waals surface area (Å²) in [5.74, 6) is -3.02. The molecular weight excluding hydrogens is 380 g/mol. The molecule has 144 valence electrons. The van der Waals surface area contributed by atoms with Crippen LogP contribution in [-0.2, 0) is 22.9 Å². The van der Waals surface area contributed by atoms with Crippen LogP contribution in [-0.4, -0.2) is 47.8 Å². The third-order valence-electron chi connectivity index (χ3n) is 3.44. The van der Waals surface area contributed by atoms with Gasteiger partial charge in [-0.3, -0.25) is 0 Å². The van der Waals surface area contributed by atoms with Crippen LogP contribution < -0.4 is 0 Å². The predicted octanol–water partition coefficient (Wildman–Crippen LogP) is 2.52. The smallest absolute Gasteiger partial charge is 0.329 e. The van der Waals surface area contributed by atoms with E-state index in [4.69, 9.17) is 0 Å². The Morgan fingerprint density at radius 1 is 1.23 bits per heavy atom. The minimum Gasteiger partial charge on any atom is -0.329 e. The monoisotopic (exact) mass is 396 g/mol. The summed E-state index contributed by atoms with van der Waals surface area (Å²) in [7, 11) is -0.954. The molecule has 0 N–H and O–H groups in total. The summed E-state index contributed by atoms with van der Waals surface area (Å²) in [6, 6.07) is 3.58. The van der Waals surface area contributed by atoms with Crippen molar-refractivity contribution in [2.75, 3.05) is 20.6 Å². The molecule has 1 aromatic carbocycles. The molecule has 0 fully saturated rings. The van der Waals surface area contributed by atoms with Gasteiger partial charge in [-0.15, -0.1) is 0 Å². The molecule has 0 radical (unpaired) electrons. The fourth-order valence-electron chi connectivity index (χ4n) is 2.08. The molecule has 0 atom stereocenters. The number of hydrogen-bond acceptors (Lipinski definition) is 5. The minimum absolute atomic E-state index is 0.103. The third-order valence-corrected chi connectivity index (χ3v) is 5.41. The molecule has 0 saturated carbocycles. The zero-order chi connectivity index (χ0) is 19.7. The van der Waals surface area contributed by atoms with Crippen LogP contribution in [0.4, 0.5) is 17.6 Å². The number of benzene rings is 1. The van der Waals surface area contributed by atoms with Gasteiger partial charge in [-0.05, 0) is 17.7 Å². The van der Waals surface area contributed by atoms with E-state index in [1.165, 1.54) is 26.2 Å². The standard InChI is InChI=1S/C14H16F4N4O3S/c1-4-22(26(23,24)21(2)3)8-9-5-6-10(11(15)7-9)12-19-13(25-20-12)14(16,17)18/h5-7H,4,8H2,1-3H3. The molecule has 2 rings (SSSR count). The van der Waals surface area contributed by atoms with Crippen molar-refractivity contribution in [3.05, 3.63) is 35.5 Å². The second-order valence-corrected chi connectivity index (χ2v) is 7.59. The second kappa shape index (κ2) is 7.29. The third kappa shape index (κ3) is 4.19. The highest BCUT2D eigenvalue weighted by Gasteiger charge is 2.38. The first-order valence-electron chi connectivity index (χ1n) is 7.34. The van der Waals surface area contributed by atoms with Crippen LogP contribution in [0.25, 0.3) is 11.4 Å². The van der Waals surface area contributed by atoms with Gasteiger partial charge < -0.3 is 4.52 Å². The maximum Gasteiger partial charge on any atom is 0.471 e. The first-order valence-corrected chi connectivity index (χ1v) is 8.73. The van der Waals surface area contributed by atoms with Crippen LogP contribution in [0.1, 0.15) is 18.4 Å². The van der Waals surface area contributed by atoms with Gasteiger partial charge in [-0.2, -0.15) is 35.2 Å². The number of halogens is 4. The fourth-order valence-corrected chi connectivity index (χ4v) is 3.18. The van der Waals surface area contributed by atoms with Gasteiger partial charge in [0.15, 0.2) is 0 Å². The average molecular weight is 396 g/mol. The van der Waals surface area contributed by atoms with E-state index in [1.54, 1.807) is 6.92 Å². The molecule has 0 saturated heterocycles. The Morgan fingerprint density at radius 3 is 2.35 bits per heavy atom. The highest BCUT2D eigenvalue weighted by atomic mass is 32.2. The molecule has 0 amide bonds. The van der Waals surface area contributed by atoms with Crippen LogP contribution in [0.15, 0.2) is 22.7 Å². The molecule has 12 heteroatoms. The normalized spacial score (nSPS) is 13.0. The Kier molecular flexibility index (Phi) is 5.68. The SMILES string of the molecule is CCN(Cc1ccc(-c2noc(C(F)(F)F)n2)c(F)c1)S(=O)(=O)N(C)C. The average Bonchev–Trinajstić information content (AvgIpc) is 3.02. The van der Waals surface area contributed by atoms with Crippen molar-refractivity contribution < 1.29 is 30.5 Å². The lowest BCUT2D eigenvalue weighted by Crippen LogP contribution is -2.39. The number of rotatable bonds is 6. The lowest BCUT2D eigenvalue weighted by Gasteiger charge is -2.24. The molecule has 1 heterocycles. The van der Waals surface area contributed by atoms with Gasteiger partial charge >= 0.3 is 12.1 Å². The van der Waals surface area contributed by atoms with Gasteiger partial charge in [-0.25, -0.2) is 4.39 Å². The Labute approximate surface area is 147 Å². The molecule has 2 aromatic rings. The van der Waals surface area contributed by atoms with Crippen LogP contribution >= 0.6 is 0 Å². The lowest BCUT2D eigenvalue weighted by molar-refractivity contribution is -0.159. The Bertz CT molecular complexity index is 881. The largest absolute Gasteiger partial charge is 0.471 e.